The van der Waals surface area contributed by atoms with E-state index in [2.05, 4.69) is 20.6 Å². The molecular weight excluding hydrogens is 632 g/mol. The number of pyridine rings is 1. The number of carbonyl (C=O) groups excluding carboxylic acids is 2. The van der Waals surface area contributed by atoms with Crippen molar-refractivity contribution in [2.24, 2.45) is 0 Å². The molecule has 3 aromatic carbocycles. The minimum absolute atomic E-state index is 0.137. The van der Waals surface area contributed by atoms with Crippen molar-refractivity contribution in [3.63, 3.8) is 0 Å². The van der Waals surface area contributed by atoms with Gasteiger partial charge in [-0.2, -0.15) is 0 Å². The standard InChI is InChI=1S/C33H33F2N5O6S/c1-43-29-18-24-27(19-30(29)45-14-2-11-39-12-15-44-16-13-39)36-10-9-28(24)46-23-6-3-21(4-7-23)32-40(31(41)20-47-32)38-33(42)37-26-8-5-22(34)17-25(26)35/h3-10,17-19,32H,2,11-16,20H2,1H3,(H2,37,38,42). The van der Waals surface area contributed by atoms with E-state index in [4.69, 9.17) is 18.9 Å². The summed E-state index contributed by atoms with van der Waals surface area (Å²) < 4.78 is 50.5. The molecule has 2 saturated heterocycles. The van der Waals surface area contributed by atoms with Crippen LogP contribution in [0.1, 0.15) is 17.4 Å². The number of nitrogens with one attached hydrogen (secondary N) is 2. The molecule has 11 nitrogen and oxygen atoms in total. The molecule has 1 atom stereocenters. The molecule has 0 spiro atoms. The van der Waals surface area contributed by atoms with E-state index in [0.29, 0.717) is 41.2 Å². The van der Waals surface area contributed by atoms with Crippen LogP contribution < -0.4 is 25.0 Å². The Hall–Kier alpha value is -4.66. The van der Waals surface area contributed by atoms with Crippen LogP contribution in [0.4, 0.5) is 19.3 Å². The van der Waals surface area contributed by atoms with E-state index in [1.54, 1.807) is 43.6 Å². The van der Waals surface area contributed by atoms with Crippen LogP contribution in [0.15, 0.2) is 66.9 Å². The summed E-state index contributed by atoms with van der Waals surface area (Å²) in [6.07, 6.45) is 2.53. The van der Waals surface area contributed by atoms with Crippen molar-refractivity contribution in [3.05, 3.63) is 84.1 Å². The van der Waals surface area contributed by atoms with Crippen LogP contribution in [0.3, 0.4) is 0 Å². The van der Waals surface area contributed by atoms with Crippen molar-refractivity contribution in [1.29, 1.82) is 0 Å². The predicted octanol–water partition coefficient (Wildman–Crippen LogP) is 5.73. The number of carbonyl (C=O) groups is 2. The zero-order valence-corrected chi connectivity index (χ0v) is 26.4. The first-order valence-corrected chi connectivity index (χ1v) is 16.1. The van der Waals surface area contributed by atoms with Gasteiger partial charge in [0, 0.05) is 43.4 Å². The van der Waals surface area contributed by atoms with Gasteiger partial charge in [-0.25, -0.2) is 24.0 Å². The lowest BCUT2D eigenvalue weighted by Crippen LogP contribution is -2.46. The molecule has 1 unspecified atom stereocenters. The topological polar surface area (TPSA) is 114 Å². The van der Waals surface area contributed by atoms with Crippen LogP contribution in [0.25, 0.3) is 10.9 Å². The molecule has 47 heavy (non-hydrogen) atoms. The Morgan fingerprint density at radius 1 is 1.04 bits per heavy atom. The van der Waals surface area contributed by atoms with Gasteiger partial charge in [0.25, 0.3) is 5.91 Å². The molecule has 2 N–H and O–H groups in total. The Bertz CT molecular complexity index is 1740. The third kappa shape index (κ3) is 7.84. The smallest absolute Gasteiger partial charge is 0.338 e. The monoisotopic (exact) mass is 665 g/mol. The molecular formula is C33H33F2N5O6S. The minimum atomic E-state index is -0.932. The first-order valence-electron chi connectivity index (χ1n) is 15.0. The van der Waals surface area contributed by atoms with Crippen LogP contribution in [0.2, 0.25) is 0 Å². The molecule has 2 aliphatic rings. The third-order valence-electron chi connectivity index (χ3n) is 7.63. The highest BCUT2D eigenvalue weighted by atomic mass is 32.2. The van der Waals surface area contributed by atoms with Gasteiger partial charge in [-0.15, -0.1) is 11.8 Å². The molecule has 246 valence electrons. The first kappa shape index (κ1) is 32.3. The number of hydrazine groups is 1. The molecule has 6 rings (SSSR count). The number of ether oxygens (including phenoxy) is 4. The second-order valence-electron chi connectivity index (χ2n) is 10.8. The number of morpholine rings is 1. The Kier molecular flexibility index (Phi) is 10.2. The molecule has 0 saturated carbocycles. The number of methoxy groups -OCH3 is 1. The van der Waals surface area contributed by atoms with E-state index in [1.807, 2.05) is 12.1 Å². The molecule has 3 heterocycles. The van der Waals surface area contributed by atoms with Gasteiger partial charge in [-0.1, -0.05) is 12.1 Å². The SMILES string of the molecule is COc1cc2c(Oc3ccc(C4SCC(=O)N4NC(=O)Nc4ccc(F)cc4F)cc3)ccnc2cc1OCCCN1CCOCC1. The second kappa shape index (κ2) is 14.8. The molecule has 4 aromatic rings. The van der Waals surface area contributed by atoms with Crippen molar-refractivity contribution in [2.75, 3.05) is 57.6 Å². The number of anilines is 1. The van der Waals surface area contributed by atoms with Crippen molar-refractivity contribution in [2.45, 2.75) is 11.8 Å². The maximum Gasteiger partial charge on any atom is 0.338 e. The Morgan fingerprint density at radius 2 is 1.85 bits per heavy atom. The average Bonchev–Trinajstić information content (AvgIpc) is 3.44. The summed E-state index contributed by atoms with van der Waals surface area (Å²) in [5.41, 5.74) is 3.68. The highest BCUT2D eigenvalue weighted by Crippen LogP contribution is 2.40. The zero-order chi connectivity index (χ0) is 32.8. The van der Waals surface area contributed by atoms with Gasteiger partial charge in [0.15, 0.2) is 11.5 Å². The lowest BCUT2D eigenvalue weighted by Gasteiger charge is -2.26. The number of urea groups is 1. The van der Waals surface area contributed by atoms with Gasteiger partial charge in [0.05, 0.1) is 43.9 Å². The van der Waals surface area contributed by atoms with E-state index in [0.717, 1.165) is 62.4 Å². The quantitative estimate of drug-likeness (QED) is 0.194. The van der Waals surface area contributed by atoms with Crippen LogP contribution in [-0.2, 0) is 9.53 Å². The second-order valence-corrected chi connectivity index (χ2v) is 11.8. The summed E-state index contributed by atoms with van der Waals surface area (Å²) in [4.78, 5) is 32.0. The summed E-state index contributed by atoms with van der Waals surface area (Å²) in [5, 5.41) is 3.70. The number of benzene rings is 3. The van der Waals surface area contributed by atoms with Crippen molar-refractivity contribution < 1.29 is 37.3 Å². The maximum absolute atomic E-state index is 14.0. The van der Waals surface area contributed by atoms with Gasteiger partial charge in [0.1, 0.15) is 28.5 Å². The number of nitrogens with zero attached hydrogens (tertiary/aromatic N) is 3. The van der Waals surface area contributed by atoms with E-state index in [-0.39, 0.29) is 17.3 Å². The highest BCUT2D eigenvalue weighted by molar-refractivity contribution is 8.00. The summed E-state index contributed by atoms with van der Waals surface area (Å²) in [7, 11) is 1.59. The lowest BCUT2D eigenvalue weighted by atomic mass is 10.1. The number of hydrogen-bond acceptors (Lipinski definition) is 9. The molecule has 0 radical (unpaired) electrons. The van der Waals surface area contributed by atoms with Crippen LogP contribution in [0, 0.1) is 11.6 Å². The van der Waals surface area contributed by atoms with Gasteiger partial charge < -0.3 is 24.3 Å². The van der Waals surface area contributed by atoms with Gasteiger partial charge >= 0.3 is 6.03 Å². The Labute approximate surface area is 274 Å². The van der Waals surface area contributed by atoms with E-state index in [9.17, 15) is 18.4 Å². The van der Waals surface area contributed by atoms with Crippen LogP contribution in [0.5, 0.6) is 23.0 Å². The summed E-state index contributed by atoms with van der Waals surface area (Å²) in [6, 6.07) is 14.5. The highest BCUT2D eigenvalue weighted by Gasteiger charge is 2.34. The van der Waals surface area contributed by atoms with E-state index >= 15 is 0 Å². The summed E-state index contributed by atoms with van der Waals surface area (Å²) in [5.74, 6) is 0.395. The molecule has 0 bridgehead atoms. The minimum Gasteiger partial charge on any atom is -0.493 e. The molecule has 2 aliphatic heterocycles. The van der Waals surface area contributed by atoms with Crippen molar-refractivity contribution in [3.8, 4) is 23.0 Å². The normalized spacial score (nSPS) is 16.7. The number of fused-ring (bicyclic) bond motifs is 1. The number of thioether (sulfide) groups is 1. The van der Waals surface area contributed by atoms with Crippen molar-refractivity contribution >= 4 is 40.3 Å². The fourth-order valence-electron chi connectivity index (χ4n) is 5.25. The molecule has 1 aromatic heterocycles. The molecule has 14 heteroatoms. The van der Waals surface area contributed by atoms with Crippen LogP contribution >= 0.6 is 11.8 Å². The summed E-state index contributed by atoms with van der Waals surface area (Å²) >= 11 is 1.32. The Balaban J connectivity index is 1.10. The number of rotatable bonds is 11. The molecule has 3 amide bonds. The van der Waals surface area contributed by atoms with Gasteiger partial charge in [-0.05, 0) is 48.4 Å². The third-order valence-corrected chi connectivity index (χ3v) is 8.84. The van der Waals surface area contributed by atoms with Crippen LogP contribution in [-0.4, -0.2) is 79.1 Å². The summed E-state index contributed by atoms with van der Waals surface area (Å²) in [6.45, 7) is 4.88. The zero-order valence-electron chi connectivity index (χ0n) is 25.5. The number of amides is 3. The average molecular weight is 666 g/mol. The van der Waals surface area contributed by atoms with Crippen molar-refractivity contribution in [1.82, 2.24) is 20.3 Å². The number of aromatic nitrogens is 1. The Morgan fingerprint density at radius 3 is 2.62 bits per heavy atom. The number of halogens is 2. The maximum atomic E-state index is 14.0. The van der Waals surface area contributed by atoms with E-state index < -0.39 is 23.0 Å². The van der Waals surface area contributed by atoms with Gasteiger partial charge in [0.2, 0.25) is 0 Å². The van der Waals surface area contributed by atoms with Gasteiger partial charge in [-0.3, -0.25) is 14.7 Å². The largest absolute Gasteiger partial charge is 0.493 e. The molecule has 2 fully saturated rings. The molecule has 0 aliphatic carbocycles. The van der Waals surface area contributed by atoms with E-state index in [1.165, 1.54) is 16.8 Å². The fraction of sp³-hybridized carbons (Fsp3) is 0.303. The lowest BCUT2D eigenvalue weighted by molar-refractivity contribution is -0.130. The predicted molar refractivity (Wildman–Crippen MR) is 173 cm³/mol. The number of hydrogen-bond donors (Lipinski definition) is 2. The fourth-order valence-corrected chi connectivity index (χ4v) is 6.36. The first-order chi connectivity index (χ1) is 22.9.